The number of benzene rings is 2. The second-order valence-corrected chi connectivity index (χ2v) is 7.32. The Morgan fingerprint density at radius 2 is 1.82 bits per heavy atom. The first-order valence-electron chi connectivity index (χ1n) is 9.22. The molecule has 0 saturated heterocycles. The van der Waals surface area contributed by atoms with Crippen LogP contribution >= 0.6 is 11.6 Å². The number of imidazole rings is 1. The summed E-state index contributed by atoms with van der Waals surface area (Å²) in [7, 11) is 0. The third-order valence-corrected chi connectivity index (χ3v) is 4.77. The van der Waals surface area contributed by atoms with Crippen molar-refractivity contribution in [1.29, 1.82) is 0 Å². The summed E-state index contributed by atoms with van der Waals surface area (Å²) in [6.07, 6.45) is 0.166. The number of hydrogen-bond donors (Lipinski definition) is 3. The number of rotatable bonds is 7. The molecule has 1 heterocycles. The fourth-order valence-electron chi connectivity index (χ4n) is 2.95. The van der Waals surface area contributed by atoms with Crippen molar-refractivity contribution in [2.75, 3.05) is 6.54 Å². The average Bonchev–Trinajstić information content (AvgIpc) is 3.09. The van der Waals surface area contributed by atoms with E-state index in [9.17, 15) is 9.59 Å². The van der Waals surface area contributed by atoms with Gasteiger partial charge in [-0.3, -0.25) is 9.59 Å². The smallest absolute Gasteiger partial charge is 0.252 e. The first kappa shape index (κ1) is 19.9. The first-order valence-corrected chi connectivity index (χ1v) is 9.60. The van der Waals surface area contributed by atoms with Crippen LogP contribution in [0.3, 0.4) is 0 Å². The Kier molecular flexibility index (Phi) is 6.31. The molecule has 6 nitrogen and oxygen atoms in total. The Morgan fingerprint density at radius 3 is 2.54 bits per heavy atom. The van der Waals surface area contributed by atoms with E-state index in [4.69, 9.17) is 11.6 Å². The van der Waals surface area contributed by atoms with Gasteiger partial charge in [0, 0.05) is 13.0 Å². The molecule has 3 aromatic rings. The lowest BCUT2D eigenvalue weighted by atomic mass is 10.0. The number of carbonyl (C=O) groups excluding carboxylic acids is 2. The first-order chi connectivity index (χ1) is 13.5. The molecular formula is C21H23ClN4O2. The molecule has 2 amide bonds. The van der Waals surface area contributed by atoms with Crippen LogP contribution in [0.15, 0.2) is 48.5 Å². The zero-order valence-corrected chi connectivity index (χ0v) is 16.6. The van der Waals surface area contributed by atoms with E-state index in [1.54, 1.807) is 24.3 Å². The molecule has 0 fully saturated rings. The van der Waals surface area contributed by atoms with Crippen molar-refractivity contribution >= 4 is 34.4 Å². The second-order valence-electron chi connectivity index (χ2n) is 6.91. The summed E-state index contributed by atoms with van der Waals surface area (Å²) in [5, 5.41) is 6.12. The van der Waals surface area contributed by atoms with E-state index in [2.05, 4.69) is 20.6 Å². The molecule has 0 aliphatic heterocycles. The van der Waals surface area contributed by atoms with Gasteiger partial charge in [-0.25, -0.2) is 4.98 Å². The van der Waals surface area contributed by atoms with Crippen molar-refractivity contribution in [2.45, 2.75) is 26.3 Å². The van der Waals surface area contributed by atoms with E-state index in [1.807, 2.05) is 38.1 Å². The number of nitrogens with zero attached hydrogens (tertiary/aromatic N) is 1. The number of carbonyl (C=O) groups is 2. The summed E-state index contributed by atoms with van der Waals surface area (Å²) in [4.78, 5) is 32.4. The van der Waals surface area contributed by atoms with Gasteiger partial charge in [-0.1, -0.05) is 49.7 Å². The molecule has 0 radical (unpaired) electrons. The highest BCUT2D eigenvalue weighted by Crippen LogP contribution is 2.22. The van der Waals surface area contributed by atoms with E-state index < -0.39 is 0 Å². The van der Waals surface area contributed by atoms with E-state index in [0.717, 1.165) is 16.9 Å². The summed E-state index contributed by atoms with van der Waals surface area (Å²) in [5.74, 6) is 0.432. The number of amides is 2. The van der Waals surface area contributed by atoms with E-state index in [1.165, 1.54) is 0 Å². The molecule has 7 heteroatoms. The molecule has 3 N–H and O–H groups in total. The van der Waals surface area contributed by atoms with Gasteiger partial charge in [0.05, 0.1) is 27.7 Å². The molecule has 3 rings (SSSR count). The lowest BCUT2D eigenvalue weighted by molar-refractivity contribution is -0.122. The Bertz CT molecular complexity index is 950. The van der Waals surface area contributed by atoms with Crippen LogP contribution in [0.2, 0.25) is 5.02 Å². The van der Waals surface area contributed by atoms with Crippen LogP contribution < -0.4 is 10.6 Å². The zero-order valence-electron chi connectivity index (χ0n) is 15.8. The van der Waals surface area contributed by atoms with Gasteiger partial charge >= 0.3 is 0 Å². The minimum absolute atomic E-state index is 0.154. The third kappa shape index (κ3) is 4.70. The summed E-state index contributed by atoms with van der Waals surface area (Å²) < 4.78 is 0. The highest BCUT2D eigenvalue weighted by molar-refractivity contribution is 6.33. The van der Waals surface area contributed by atoms with E-state index >= 15 is 0 Å². The highest BCUT2D eigenvalue weighted by Gasteiger charge is 2.21. The van der Waals surface area contributed by atoms with Crippen molar-refractivity contribution in [3.05, 3.63) is 64.9 Å². The minimum atomic E-state index is -0.295. The van der Waals surface area contributed by atoms with Crippen molar-refractivity contribution in [1.82, 2.24) is 20.6 Å². The highest BCUT2D eigenvalue weighted by atomic mass is 35.5. The molecular weight excluding hydrogens is 376 g/mol. The molecule has 28 heavy (non-hydrogen) atoms. The number of H-pyrrole nitrogens is 1. The largest absolute Gasteiger partial charge is 0.351 e. The molecule has 0 bridgehead atoms. The SMILES string of the molecule is CC(C)[C@H](NC(=O)CCNC(=O)c1ccccc1Cl)c1nc2ccccc2[nH]1. The predicted octanol–water partition coefficient (Wildman–Crippen LogP) is 3.85. The van der Waals surface area contributed by atoms with Gasteiger partial charge in [0.25, 0.3) is 5.91 Å². The maximum absolute atomic E-state index is 12.4. The molecule has 0 aliphatic rings. The van der Waals surface area contributed by atoms with Crippen LogP contribution in [-0.2, 0) is 4.79 Å². The summed E-state index contributed by atoms with van der Waals surface area (Å²) in [5.41, 5.74) is 2.20. The van der Waals surface area contributed by atoms with Crippen LogP contribution in [0.1, 0.15) is 42.5 Å². The fraction of sp³-hybridized carbons (Fsp3) is 0.286. The Morgan fingerprint density at radius 1 is 1.11 bits per heavy atom. The summed E-state index contributed by atoms with van der Waals surface area (Å²) in [6.45, 7) is 4.27. The second kappa shape index (κ2) is 8.89. The molecule has 146 valence electrons. The van der Waals surface area contributed by atoms with Gasteiger partial charge in [-0.15, -0.1) is 0 Å². The van der Waals surface area contributed by atoms with Gasteiger partial charge in [0.2, 0.25) is 5.91 Å². The molecule has 0 spiro atoms. The predicted molar refractivity (Wildman–Crippen MR) is 110 cm³/mol. The monoisotopic (exact) mass is 398 g/mol. The molecule has 2 aromatic carbocycles. The number of aromatic nitrogens is 2. The molecule has 1 aromatic heterocycles. The number of halogens is 1. The van der Waals surface area contributed by atoms with Crippen LogP contribution in [0.4, 0.5) is 0 Å². The Labute approximate surface area is 168 Å². The van der Waals surface area contributed by atoms with Crippen molar-refractivity contribution < 1.29 is 9.59 Å². The van der Waals surface area contributed by atoms with Crippen molar-refractivity contribution in [3.63, 3.8) is 0 Å². The lowest BCUT2D eigenvalue weighted by Gasteiger charge is -2.20. The van der Waals surface area contributed by atoms with Crippen LogP contribution in [0.5, 0.6) is 0 Å². The molecule has 0 aliphatic carbocycles. The number of aromatic amines is 1. The number of para-hydroxylation sites is 2. The van der Waals surface area contributed by atoms with Gasteiger partial charge in [-0.05, 0) is 30.2 Å². The average molecular weight is 399 g/mol. The van der Waals surface area contributed by atoms with Crippen molar-refractivity contribution in [3.8, 4) is 0 Å². The van der Waals surface area contributed by atoms with Crippen LogP contribution in [0, 0.1) is 5.92 Å². The lowest BCUT2D eigenvalue weighted by Crippen LogP contribution is -2.35. The van der Waals surface area contributed by atoms with Crippen molar-refractivity contribution in [2.24, 2.45) is 5.92 Å². The molecule has 0 saturated carbocycles. The maximum Gasteiger partial charge on any atom is 0.252 e. The van der Waals surface area contributed by atoms with Gasteiger partial charge in [0.1, 0.15) is 5.82 Å². The number of hydrogen-bond acceptors (Lipinski definition) is 3. The quantitative estimate of drug-likeness (QED) is 0.565. The summed E-state index contributed by atoms with van der Waals surface area (Å²) in [6, 6.07) is 14.3. The standard InChI is InChI=1S/C21H23ClN4O2/c1-13(2)19(20-24-16-9-5-6-10-17(16)25-20)26-18(27)11-12-23-21(28)14-7-3-4-8-15(14)22/h3-10,13,19H,11-12H2,1-2H3,(H,23,28)(H,24,25)(H,26,27)/t19-/m0/s1. The van der Waals surface area contributed by atoms with Gasteiger partial charge in [-0.2, -0.15) is 0 Å². The Hall–Kier alpha value is -2.86. The number of nitrogens with one attached hydrogen (secondary N) is 3. The zero-order chi connectivity index (χ0) is 20.1. The van der Waals surface area contributed by atoms with Crippen LogP contribution in [0.25, 0.3) is 11.0 Å². The minimum Gasteiger partial charge on any atom is -0.351 e. The van der Waals surface area contributed by atoms with Gasteiger partial charge < -0.3 is 15.6 Å². The number of fused-ring (bicyclic) bond motifs is 1. The van der Waals surface area contributed by atoms with Gasteiger partial charge in [0.15, 0.2) is 0 Å². The Balaban J connectivity index is 1.57. The third-order valence-electron chi connectivity index (χ3n) is 4.44. The molecule has 0 unspecified atom stereocenters. The fourth-order valence-corrected chi connectivity index (χ4v) is 3.17. The topological polar surface area (TPSA) is 86.9 Å². The maximum atomic E-state index is 12.4. The summed E-state index contributed by atoms with van der Waals surface area (Å²) >= 11 is 6.02. The van der Waals surface area contributed by atoms with E-state index in [-0.39, 0.29) is 36.7 Å². The van der Waals surface area contributed by atoms with E-state index in [0.29, 0.717) is 10.6 Å². The normalized spacial score (nSPS) is 12.1. The van der Waals surface area contributed by atoms with Crippen LogP contribution in [-0.4, -0.2) is 28.3 Å². The molecule has 1 atom stereocenters.